The predicted molar refractivity (Wildman–Crippen MR) is 77.0 cm³/mol. The van der Waals surface area contributed by atoms with E-state index in [0.29, 0.717) is 6.04 Å². The molecule has 0 heterocycles. The summed E-state index contributed by atoms with van der Waals surface area (Å²) in [6.45, 7) is 4.77. The van der Waals surface area contributed by atoms with Crippen molar-refractivity contribution in [1.29, 1.82) is 0 Å². The van der Waals surface area contributed by atoms with Crippen molar-refractivity contribution in [3.8, 4) is 11.5 Å². The molecule has 0 aliphatic rings. The zero-order valence-corrected chi connectivity index (χ0v) is 12.3. The molecule has 2 unspecified atom stereocenters. The highest BCUT2D eigenvalue weighted by atomic mass is 16.5. The topological polar surface area (TPSA) is 50.7 Å². The molecule has 0 saturated carbocycles. The van der Waals surface area contributed by atoms with Crippen LogP contribution in [0.5, 0.6) is 11.5 Å². The van der Waals surface area contributed by atoms with Crippen LogP contribution in [0.1, 0.15) is 25.8 Å². The quantitative estimate of drug-likeness (QED) is 0.756. The molecule has 1 aromatic rings. The summed E-state index contributed by atoms with van der Waals surface area (Å²) >= 11 is 0. The Morgan fingerprint density at radius 1 is 1.16 bits per heavy atom. The Bertz CT molecular complexity index is 380. The number of rotatable bonds is 8. The zero-order chi connectivity index (χ0) is 14.3. The van der Waals surface area contributed by atoms with Crippen LogP contribution in [-0.2, 0) is 6.42 Å². The molecule has 4 nitrogen and oxygen atoms in total. The summed E-state index contributed by atoms with van der Waals surface area (Å²) in [4.78, 5) is 0. The van der Waals surface area contributed by atoms with Gasteiger partial charge in [0.15, 0.2) is 11.5 Å². The Balaban J connectivity index is 2.52. The Morgan fingerprint density at radius 2 is 1.84 bits per heavy atom. The maximum absolute atomic E-state index is 9.21. The van der Waals surface area contributed by atoms with E-state index < -0.39 is 0 Å². The minimum Gasteiger partial charge on any atom is -0.493 e. The van der Waals surface area contributed by atoms with Gasteiger partial charge in [0.1, 0.15) is 0 Å². The van der Waals surface area contributed by atoms with E-state index in [2.05, 4.69) is 12.2 Å². The summed E-state index contributed by atoms with van der Waals surface area (Å²) < 4.78 is 10.5. The molecule has 0 saturated heterocycles. The van der Waals surface area contributed by atoms with E-state index in [1.807, 2.05) is 18.2 Å². The molecule has 0 aliphatic heterocycles. The van der Waals surface area contributed by atoms with E-state index in [9.17, 15) is 5.11 Å². The lowest BCUT2D eigenvalue weighted by molar-refractivity contribution is 0.182. The van der Waals surface area contributed by atoms with Crippen LogP contribution in [0, 0.1) is 0 Å². The van der Waals surface area contributed by atoms with Gasteiger partial charge in [-0.2, -0.15) is 0 Å². The van der Waals surface area contributed by atoms with Crippen LogP contribution in [0.4, 0.5) is 0 Å². The largest absolute Gasteiger partial charge is 0.493 e. The van der Waals surface area contributed by atoms with Crippen molar-refractivity contribution >= 4 is 0 Å². The van der Waals surface area contributed by atoms with Crippen molar-refractivity contribution < 1.29 is 14.6 Å². The molecule has 1 rings (SSSR count). The van der Waals surface area contributed by atoms with Crippen molar-refractivity contribution in [1.82, 2.24) is 5.32 Å². The number of hydrogen-bond donors (Lipinski definition) is 2. The van der Waals surface area contributed by atoms with Gasteiger partial charge in [0.05, 0.1) is 20.3 Å². The molecule has 2 N–H and O–H groups in total. The smallest absolute Gasteiger partial charge is 0.160 e. The predicted octanol–water partition coefficient (Wildman–Crippen LogP) is 2.00. The fourth-order valence-corrected chi connectivity index (χ4v) is 1.97. The zero-order valence-electron chi connectivity index (χ0n) is 12.3. The van der Waals surface area contributed by atoms with Gasteiger partial charge in [-0.3, -0.25) is 0 Å². The van der Waals surface area contributed by atoms with Crippen LogP contribution in [0.25, 0.3) is 0 Å². The number of aliphatic hydroxyl groups is 1. The van der Waals surface area contributed by atoms with Crippen LogP contribution in [0.2, 0.25) is 0 Å². The summed E-state index contributed by atoms with van der Waals surface area (Å²) in [6.07, 6.45) is 1.44. The number of nitrogens with one attached hydrogen (secondary N) is 1. The molecule has 2 atom stereocenters. The van der Waals surface area contributed by atoms with Crippen LogP contribution in [-0.4, -0.2) is 38.0 Å². The number of hydrogen-bond acceptors (Lipinski definition) is 4. The summed E-state index contributed by atoms with van der Waals surface area (Å²) in [6, 6.07) is 6.34. The van der Waals surface area contributed by atoms with Gasteiger partial charge in [-0.25, -0.2) is 0 Å². The van der Waals surface area contributed by atoms with Crippen molar-refractivity contribution in [2.75, 3.05) is 20.8 Å². The molecule has 1 aromatic carbocycles. The summed E-state index contributed by atoms with van der Waals surface area (Å²) in [5, 5.41) is 12.6. The highest BCUT2D eigenvalue weighted by molar-refractivity contribution is 5.43. The lowest BCUT2D eigenvalue weighted by atomic mass is 10.1. The van der Waals surface area contributed by atoms with E-state index in [4.69, 9.17) is 9.47 Å². The molecule has 0 aromatic heterocycles. The first-order valence-corrected chi connectivity index (χ1v) is 6.69. The highest BCUT2D eigenvalue weighted by Gasteiger charge is 2.08. The summed E-state index contributed by atoms with van der Waals surface area (Å²) in [5.41, 5.74) is 1.20. The Labute approximate surface area is 115 Å². The van der Waals surface area contributed by atoms with Gasteiger partial charge in [0.2, 0.25) is 0 Å². The molecule has 19 heavy (non-hydrogen) atoms. The Morgan fingerprint density at radius 3 is 2.42 bits per heavy atom. The molecule has 0 spiro atoms. The van der Waals surface area contributed by atoms with Crippen molar-refractivity contribution in [3.63, 3.8) is 0 Å². The van der Waals surface area contributed by atoms with Crippen molar-refractivity contribution in [2.45, 2.75) is 38.8 Å². The number of methoxy groups -OCH3 is 2. The van der Waals surface area contributed by atoms with Crippen LogP contribution in [0.3, 0.4) is 0 Å². The third-order valence-corrected chi connectivity index (χ3v) is 3.04. The fourth-order valence-electron chi connectivity index (χ4n) is 1.97. The maximum Gasteiger partial charge on any atom is 0.160 e. The van der Waals surface area contributed by atoms with Crippen molar-refractivity contribution in [3.05, 3.63) is 23.8 Å². The third-order valence-electron chi connectivity index (χ3n) is 3.04. The standard InChI is InChI=1S/C15H25NO3/c1-11(16-8-7-12(2)17)9-13-5-6-14(18-3)15(10-13)19-4/h5-6,10-12,16-17H,7-9H2,1-4H3. The second kappa shape index (κ2) is 8.02. The van der Waals surface area contributed by atoms with E-state index >= 15 is 0 Å². The van der Waals surface area contributed by atoms with E-state index in [0.717, 1.165) is 30.9 Å². The van der Waals surface area contributed by atoms with Crippen LogP contribution in [0.15, 0.2) is 18.2 Å². The van der Waals surface area contributed by atoms with Gasteiger partial charge in [0.25, 0.3) is 0 Å². The SMILES string of the molecule is COc1ccc(CC(C)NCCC(C)O)cc1OC. The minimum absolute atomic E-state index is 0.249. The monoisotopic (exact) mass is 267 g/mol. The van der Waals surface area contributed by atoms with E-state index in [-0.39, 0.29) is 6.10 Å². The lowest BCUT2D eigenvalue weighted by Crippen LogP contribution is -2.30. The second-order valence-corrected chi connectivity index (χ2v) is 4.89. The Kier molecular flexibility index (Phi) is 6.67. The molecule has 0 radical (unpaired) electrons. The molecular formula is C15H25NO3. The van der Waals surface area contributed by atoms with E-state index in [1.165, 1.54) is 5.56 Å². The first-order valence-electron chi connectivity index (χ1n) is 6.69. The molecule has 0 amide bonds. The maximum atomic E-state index is 9.21. The minimum atomic E-state index is -0.249. The summed E-state index contributed by atoms with van der Waals surface area (Å²) in [7, 11) is 3.28. The van der Waals surface area contributed by atoms with Gasteiger partial charge in [-0.1, -0.05) is 6.07 Å². The number of aliphatic hydroxyl groups excluding tert-OH is 1. The first kappa shape index (κ1) is 15.8. The highest BCUT2D eigenvalue weighted by Crippen LogP contribution is 2.27. The average Bonchev–Trinajstić information content (AvgIpc) is 2.38. The molecule has 4 heteroatoms. The number of benzene rings is 1. The Hall–Kier alpha value is -1.26. The summed E-state index contributed by atoms with van der Waals surface area (Å²) in [5.74, 6) is 1.51. The number of ether oxygens (including phenoxy) is 2. The van der Waals surface area contributed by atoms with Crippen molar-refractivity contribution in [2.24, 2.45) is 0 Å². The second-order valence-electron chi connectivity index (χ2n) is 4.89. The van der Waals surface area contributed by atoms with Gasteiger partial charge in [-0.05, 0) is 50.9 Å². The molecule has 0 aliphatic carbocycles. The molecule has 0 fully saturated rings. The van der Waals surface area contributed by atoms with Gasteiger partial charge >= 0.3 is 0 Å². The molecule has 0 bridgehead atoms. The normalized spacial score (nSPS) is 13.9. The van der Waals surface area contributed by atoms with Crippen LogP contribution >= 0.6 is 0 Å². The van der Waals surface area contributed by atoms with Gasteiger partial charge in [0, 0.05) is 6.04 Å². The average molecular weight is 267 g/mol. The van der Waals surface area contributed by atoms with Crippen LogP contribution < -0.4 is 14.8 Å². The van der Waals surface area contributed by atoms with Gasteiger partial charge in [-0.15, -0.1) is 0 Å². The molecule has 108 valence electrons. The first-order chi connectivity index (χ1) is 9.06. The third kappa shape index (κ3) is 5.49. The lowest BCUT2D eigenvalue weighted by Gasteiger charge is -2.16. The molecular weight excluding hydrogens is 242 g/mol. The van der Waals surface area contributed by atoms with E-state index in [1.54, 1.807) is 21.1 Å². The van der Waals surface area contributed by atoms with Gasteiger partial charge < -0.3 is 19.9 Å². The fraction of sp³-hybridized carbons (Fsp3) is 0.600.